The third-order valence-electron chi connectivity index (χ3n) is 4.88. The Morgan fingerprint density at radius 2 is 1.80 bits per heavy atom. The van der Waals surface area contributed by atoms with Crippen LogP contribution in [0.15, 0.2) is 77.5 Å². The zero-order valence-electron chi connectivity index (χ0n) is 13.5. The zero-order valence-corrected chi connectivity index (χ0v) is 13.5. The number of aromatic amines is 1. The van der Waals surface area contributed by atoms with Crippen molar-refractivity contribution >= 4 is 16.8 Å². The first-order valence-corrected chi connectivity index (χ1v) is 8.31. The minimum Gasteiger partial charge on any atom is -0.467 e. The maximum absolute atomic E-state index is 13.0. The zero-order chi connectivity index (χ0) is 16.8. The van der Waals surface area contributed by atoms with E-state index in [1.54, 1.807) is 6.26 Å². The van der Waals surface area contributed by atoms with Gasteiger partial charge >= 0.3 is 0 Å². The maximum Gasteiger partial charge on any atom is 0.255 e. The van der Waals surface area contributed by atoms with E-state index in [0.717, 1.165) is 33.4 Å². The third kappa shape index (κ3) is 2.11. The number of H-pyrrole nitrogens is 1. The average Bonchev–Trinajstić information content (AvgIpc) is 3.36. The Morgan fingerprint density at radius 3 is 2.68 bits per heavy atom. The molecule has 0 radical (unpaired) electrons. The molecule has 1 N–H and O–H groups in total. The Kier molecular flexibility index (Phi) is 3.04. The molecule has 4 heteroatoms. The molecule has 1 atom stereocenters. The quantitative estimate of drug-likeness (QED) is 0.602. The van der Waals surface area contributed by atoms with Crippen molar-refractivity contribution in [2.24, 2.45) is 0 Å². The normalized spacial score (nSPS) is 16.6. The number of carbonyl (C=O) groups excluding carboxylic acids is 1. The second kappa shape index (κ2) is 5.38. The summed E-state index contributed by atoms with van der Waals surface area (Å²) in [6.45, 7) is 0.449. The molecule has 2 aromatic heterocycles. The third-order valence-corrected chi connectivity index (χ3v) is 4.88. The fourth-order valence-electron chi connectivity index (χ4n) is 3.76. The Morgan fingerprint density at radius 1 is 0.960 bits per heavy atom. The Labute approximate surface area is 144 Å². The molecule has 122 valence electrons. The molecule has 0 saturated heterocycles. The van der Waals surface area contributed by atoms with Gasteiger partial charge in [0.15, 0.2) is 0 Å². The average molecular weight is 328 g/mol. The number of nitrogens with one attached hydrogen (secondary N) is 1. The SMILES string of the molecule is O=C1c2ccccc2[C@H](c2c[nH]c3ccccc23)N1Cc1ccco1. The summed E-state index contributed by atoms with van der Waals surface area (Å²) in [6.07, 6.45) is 3.66. The largest absolute Gasteiger partial charge is 0.467 e. The van der Waals surface area contributed by atoms with E-state index >= 15 is 0 Å². The molecule has 2 aromatic carbocycles. The van der Waals surface area contributed by atoms with Crippen molar-refractivity contribution in [3.05, 3.63) is 95.6 Å². The van der Waals surface area contributed by atoms with Gasteiger partial charge in [0.05, 0.1) is 18.8 Å². The van der Waals surface area contributed by atoms with Crippen LogP contribution in [0.25, 0.3) is 10.9 Å². The Balaban J connectivity index is 1.69. The number of aromatic nitrogens is 1. The first-order chi connectivity index (χ1) is 12.3. The summed E-state index contributed by atoms with van der Waals surface area (Å²) < 4.78 is 5.49. The Bertz CT molecular complexity index is 1060. The van der Waals surface area contributed by atoms with Crippen molar-refractivity contribution in [3.8, 4) is 0 Å². The number of fused-ring (bicyclic) bond motifs is 2. The van der Waals surface area contributed by atoms with Crippen LogP contribution in [0.1, 0.15) is 33.3 Å². The van der Waals surface area contributed by atoms with Gasteiger partial charge in [0.2, 0.25) is 0 Å². The smallest absolute Gasteiger partial charge is 0.255 e. The molecule has 0 aliphatic carbocycles. The highest BCUT2D eigenvalue weighted by atomic mass is 16.3. The van der Waals surface area contributed by atoms with Crippen LogP contribution in [0.2, 0.25) is 0 Å². The highest BCUT2D eigenvalue weighted by Gasteiger charge is 2.38. The molecule has 1 amide bonds. The van der Waals surface area contributed by atoms with Gasteiger partial charge in [0.25, 0.3) is 5.91 Å². The highest BCUT2D eigenvalue weighted by Crippen LogP contribution is 2.41. The van der Waals surface area contributed by atoms with Crippen molar-refractivity contribution in [1.29, 1.82) is 0 Å². The van der Waals surface area contributed by atoms with E-state index in [9.17, 15) is 4.79 Å². The molecule has 4 nitrogen and oxygen atoms in total. The molecule has 0 fully saturated rings. The standard InChI is InChI=1S/C21H16N2O2/c24-21-17-9-2-1-8-16(17)20(23(21)13-14-6-5-11-25-14)18-12-22-19-10-4-3-7-15(18)19/h1-12,20,22H,13H2/t20-/m1/s1. The van der Waals surface area contributed by atoms with Crippen LogP contribution in [0, 0.1) is 0 Å². The minimum atomic E-state index is -0.120. The summed E-state index contributed by atoms with van der Waals surface area (Å²) in [7, 11) is 0. The van der Waals surface area contributed by atoms with E-state index in [1.165, 1.54) is 0 Å². The molecular formula is C21H16N2O2. The van der Waals surface area contributed by atoms with Crippen LogP contribution >= 0.6 is 0 Å². The van der Waals surface area contributed by atoms with Crippen LogP contribution in [-0.4, -0.2) is 15.8 Å². The molecule has 1 aliphatic rings. The van der Waals surface area contributed by atoms with Crippen molar-refractivity contribution in [2.75, 3.05) is 0 Å². The lowest BCUT2D eigenvalue weighted by molar-refractivity contribution is 0.0724. The van der Waals surface area contributed by atoms with E-state index < -0.39 is 0 Å². The van der Waals surface area contributed by atoms with Crippen LogP contribution in [-0.2, 0) is 6.54 Å². The molecule has 1 aliphatic heterocycles. The van der Waals surface area contributed by atoms with E-state index in [0.29, 0.717) is 6.54 Å². The van der Waals surface area contributed by atoms with Crippen LogP contribution in [0.3, 0.4) is 0 Å². The lowest BCUT2D eigenvalue weighted by atomic mass is 9.97. The summed E-state index contributed by atoms with van der Waals surface area (Å²) in [5.74, 6) is 0.827. The summed E-state index contributed by atoms with van der Waals surface area (Å²) in [5.41, 5.74) is 4.00. The van der Waals surface area contributed by atoms with Crippen LogP contribution in [0.5, 0.6) is 0 Å². The van der Waals surface area contributed by atoms with Gasteiger partial charge in [-0.2, -0.15) is 0 Å². The van der Waals surface area contributed by atoms with Gasteiger partial charge in [-0.05, 0) is 29.8 Å². The second-order valence-electron chi connectivity index (χ2n) is 6.29. The van der Waals surface area contributed by atoms with Gasteiger partial charge < -0.3 is 14.3 Å². The van der Waals surface area contributed by atoms with E-state index in [1.807, 2.05) is 59.6 Å². The monoisotopic (exact) mass is 328 g/mol. The minimum absolute atomic E-state index is 0.0438. The number of rotatable bonds is 3. The summed E-state index contributed by atoms with van der Waals surface area (Å²) in [5, 5.41) is 1.14. The lowest BCUT2D eigenvalue weighted by Gasteiger charge is -2.24. The molecule has 0 unspecified atom stereocenters. The van der Waals surface area contributed by atoms with Crippen molar-refractivity contribution < 1.29 is 9.21 Å². The Hall–Kier alpha value is -3.27. The molecule has 0 spiro atoms. The number of benzene rings is 2. The highest BCUT2D eigenvalue weighted by molar-refractivity contribution is 6.00. The predicted octanol–water partition coefficient (Wildman–Crippen LogP) is 4.51. The first-order valence-electron chi connectivity index (χ1n) is 8.31. The van der Waals surface area contributed by atoms with Gasteiger partial charge in [-0.25, -0.2) is 0 Å². The number of furan rings is 1. The number of carbonyl (C=O) groups is 1. The number of nitrogens with zero attached hydrogens (tertiary/aromatic N) is 1. The second-order valence-corrected chi connectivity index (χ2v) is 6.29. The van der Waals surface area contributed by atoms with E-state index in [4.69, 9.17) is 4.42 Å². The van der Waals surface area contributed by atoms with Crippen LogP contribution < -0.4 is 0 Å². The molecular weight excluding hydrogens is 312 g/mol. The fraction of sp³-hybridized carbons (Fsp3) is 0.0952. The van der Waals surface area contributed by atoms with Gasteiger partial charge in [-0.15, -0.1) is 0 Å². The molecule has 3 heterocycles. The van der Waals surface area contributed by atoms with Crippen molar-refractivity contribution in [2.45, 2.75) is 12.6 Å². The summed E-state index contributed by atoms with van der Waals surface area (Å²) in [6, 6.07) is 19.7. The molecule has 0 saturated carbocycles. The fourth-order valence-corrected chi connectivity index (χ4v) is 3.76. The summed E-state index contributed by atoms with van der Waals surface area (Å²) >= 11 is 0. The van der Waals surface area contributed by atoms with Crippen molar-refractivity contribution in [3.63, 3.8) is 0 Å². The van der Waals surface area contributed by atoms with Gasteiger partial charge in [-0.3, -0.25) is 4.79 Å². The maximum atomic E-state index is 13.0. The number of para-hydroxylation sites is 1. The van der Waals surface area contributed by atoms with Crippen molar-refractivity contribution in [1.82, 2.24) is 9.88 Å². The number of hydrogen-bond donors (Lipinski definition) is 1. The van der Waals surface area contributed by atoms with Gasteiger partial charge in [0.1, 0.15) is 5.76 Å². The van der Waals surface area contributed by atoms with Gasteiger partial charge in [0, 0.05) is 28.2 Å². The molecule has 25 heavy (non-hydrogen) atoms. The number of amides is 1. The van der Waals surface area contributed by atoms with Crippen LogP contribution in [0.4, 0.5) is 0 Å². The van der Waals surface area contributed by atoms with Gasteiger partial charge in [-0.1, -0.05) is 36.4 Å². The van der Waals surface area contributed by atoms with E-state index in [2.05, 4.69) is 17.1 Å². The lowest BCUT2D eigenvalue weighted by Crippen LogP contribution is -2.28. The summed E-state index contributed by atoms with van der Waals surface area (Å²) in [4.78, 5) is 18.3. The molecule has 0 bridgehead atoms. The first kappa shape index (κ1) is 14.1. The number of hydrogen-bond acceptors (Lipinski definition) is 2. The molecule has 5 rings (SSSR count). The molecule has 4 aromatic rings. The van der Waals surface area contributed by atoms with E-state index in [-0.39, 0.29) is 11.9 Å². The predicted molar refractivity (Wildman–Crippen MR) is 95.2 cm³/mol. The topological polar surface area (TPSA) is 49.2 Å².